The Hall–Kier alpha value is -3.58. The van der Waals surface area contributed by atoms with Crippen molar-refractivity contribution in [2.45, 2.75) is 13.8 Å². The summed E-state index contributed by atoms with van der Waals surface area (Å²) < 4.78 is 15.2. The lowest BCUT2D eigenvalue weighted by Gasteiger charge is -2.28. The lowest BCUT2D eigenvalue weighted by Crippen LogP contribution is -2.54. The molecule has 1 aromatic heterocycles. The summed E-state index contributed by atoms with van der Waals surface area (Å²) in [4.78, 5) is 27.0. The van der Waals surface area contributed by atoms with E-state index in [0.29, 0.717) is 5.69 Å². The van der Waals surface area contributed by atoms with E-state index in [1.807, 2.05) is 30.5 Å². The first-order chi connectivity index (χ1) is 14.4. The number of anilines is 1. The number of amides is 2. The van der Waals surface area contributed by atoms with Gasteiger partial charge in [0, 0.05) is 17.1 Å². The Morgan fingerprint density at radius 3 is 2.30 bits per heavy atom. The number of hydrogen-bond donors (Lipinski definition) is 1. The molecule has 3 aromatic rings. The van der Waals surface area contributed by atoms with Crippen LogP contribution in [0.25, 0.3) is 11.8 Å². The molecule has 2 amide bonds. The van der Waals surface area contributed by atoms with Crippen LogP contribution in [-0.4, -0.2) is 21.5 Å². The number of halogens is 1. The van der Waals surface area contributed by atoms with Gasteiger partial charge in [-0.25, -0.2) is 4.39 Å². The fourth-order valence-electron chi connectivity index (χ4n) is 3.55. The van der Waals surface area contributed by atoms with Crippen molar-refractivity contribution in [1.82, 2.24) is 9.88 Å². The van der Waals surface area contributed by atoms with Gasteiger partial charge < -0.3 is 4.57 Å². The van der Waals surface area contributed by atoms with Crippen LogP contribution in [0.15, 0.2) is 66.2 Å². The van der Waals surface area contributed by atoms with E-state index in [9.17, 15) is 14.0 Å². The average Bonchev–Trinajstić information content (AvgIpc) is 3.00. The highest BCUT2D eigenvalue weighted by molar-refractivity contribution is 7.80. The molecule has 0 atom stereocenters. The summed E-state index contributed by atoms with van der Waals surface area (Å²) >= 11 is 5.22. The predicted molar refractivity (Wildman–Crippen MR) is 118 cm³/mol. The molecule has 30 heavy (non-hydrogen) atoms. The van der Waals surface area contributed by atoms with Gasteiger partial charge in [-0.15, -0.1) is 0 Å². The Kier molecular flexibility index (Phi) is 5.05. The molecule has 1 saturated heterocycles. The molecule has 2 heterocycles. The summed E-state index contributed by atoms with van der Waals surface area (Å²) in [5.74, 6) is -1.34. The normalized spacial score (nSPS) is 15.6. The lowest BCUT2D eigenvalue weighted by molar-refractivity contribution is -0.122. The van der Waals surface area contributed by atoms with Gasteiger partial charge in [0.05, 0.1) is 5.69 Å². The van der Waals surface area contributed by atoms with E-state index in [0.717, 1.165) is 22.6 Å². The summed E-state index contributed by atoms with van der Waals surface area (Å²) in [5, 5.41) is 2.63. The van der Waals surface area contributed by atoms with Crippen molar-refractivity contribution >= 4 is 40.9 Å². The highest BCUT2D eigenvalue weighted by Gasteiger charge is 2.34. The highest BCUT2D eigenvalue weighted by atomic mass is 32.1. The van der Waals surface area contributed by atoms with Crippen molar-refractivity contribution in [2.75, 3.05) is 4.90 Å². The van der Waals surface area contributed by atoms with Gasteiger partial charge in [0.25, 0.3) is 11.8 Å². The Morgan fingerprint density at radius 1 is 0.967 bits per heavy atom. The number of nitrogens with one attached hydrogen (secondary N) is 1. The molecule has 0 aliphatic carbocycles. The van der Waals surface area contributed by atoms with Crippen LogP contribution in [-0.2, 0) is 9.59 Å². The Bertz CT molecular complexity index is 1200. The highest BCUT2D eigenvalue weighted by Crippen LogP contribution is 2.26. The fraction of sp³-hybridized carbons (Fsp3) is 0.0870. The topological polar surface area (TPSA) is 54.3 Å². The zero-order valence-electron chi connectivity index (χ0n) is 16.3. The van der Waals surface area contributed by atoms with E-state index < -0.39 is 11.8 Å². The summed E-state index contributed by atoms with van der Waals surface area (Å²) in [6.45, 7) is 3.79. The van der Waals surface area contributed by atoms with Crippen LogP contribution in [0, 0.1) is 19.7 Å². The second kappa shape index (κ2) is 7.68. The maximum atomic E-state index is 13.3. The molecular weight excluding hydrogens is 401 g/mol. The third-order valence-electron chi connectivity index (χ3n) is 4.97. The van der Waals surface area contributed by atoms with Crippen molar-refractivity contribution in [3.63, 3.8) is 0 Å². The van der Waals surface area contributed by atoms with E-state index >= 15 is 0 Å². The SMILES string of the molecule is Cc1cc(C=C2C(=O)NC(=S)N(c3ccccc3)C2=O)c(C)n1-c1ccc(F)cc1. The molecule has 4 rings (SSSR count). The van der Waals surface area contributed by atoms with E-state index in [1.54, 1.807) is 42.5 Å². The Balaban J connectivity index is 1.76. The first-order valence-electron chi connectivity index (χ1n) is 9.28. The maximum Gasteiger partial charge on any atom is 0.270 e. The van der Waals surface area contributed by atoms with Gasteiger partial charge in [0.15, 0.2) is 5.11 Å². The van der Waals surface area contributed by atoms with Crippen LogP contribution in [0.3, 0.4) is 0 Å². The number of nitrogens with zero attached hydrogens (tertiary/aromatic N) is 2. The van der Waals surface area contributed by atoms with E-state index in [4.69, 9.17) is 12.2 Å². The molecule has 5 nitrogen and oxygen atoms in total. The number of benzene rings is 2. The quantitative estimate of drug-likeness (QED) is 0.396. The minimum Gasteiger partial charge on any atom is -0.318 e. The van der Waals surface area contributed by atoms with Crippen molar-refractivity contribution in [1.29, 1.82) is 0 Å². The molecule has 0 unspecified atom stereocenters. The first kappa shape index (κ1) is 19.7. The second-order valence-electron chi connectivity index (χ2n) is 6.93. The zero-order chi connectivity index (χ0) is 21.4. The molecular formula is C23H18FN3O2S. The van der Waals surface area contributed by atoms with Crippen LogP contribution in [0.1, 0.15) is 17.0 Å². The molecule has 7 heteroatoms. The van der Waals surface area contributed by atoms with Crippen LogP contribution >= 0.6 is 12.2 Å². The van der Waals surface area contributed by atoms with E-state index in [2.05, 4.69) is 5.32 Å². The first-order valence-corrected chi connectivity index (χ1v) is 9.69. The lowest BCUT2D eigenvalue weighted by atomic mass is 10.1. The van der Waals surface area contributed by atoms with E-state index in [1.165, 1.54) is 17.0 Å². The van der Waals surface area contributed by atoms with Crippen molar-refractivity contribution < 1.29 is 14.0 Å². The summed E-state index contributed by atoms with van der Waals surface area (Å²) in [6.07, 6.45) is 1.57. The van der Waals surface area contributed by atoms with Crippen molar-refractivity contribution in [3.05, 3.63) is 89.0 Å². The molecule has 0 spiro atoms. The minimum absolute atomic E-state index is 0.00758. The van der Waals surface area contributed by atoms with Gasteiger partial charge in [-0.1, -0.05) is 18.2 Å². The molecule has 1 N–H and O–H groups in total. The van der Waals surface area contributed by atoms with Gasteiger partial charge in [-0.05, 0) is 80.2 Å². The number of aryl methyl sites for hydroxylation is 1. The van der Waals surface area contributed by atoms with Crippen LogP contribution in [0.5, 0.6) is 0 Å². The van der Waals surface area contributed by atoms with Gasteiger partial charge in [0.2, 0.25) is 0 Å². The molecule has 150 valence electrons. The molecule has 2 aromatic carbocycles. The summed E-state index contributed by atoms with van der Waals surface area (Å²) in [7, 11) is 0. The van der Waals surface area contributed by atoms with Gasteiger partial charge >= 0.3 is 0 Å². The Morgan fingerprint density at radius 2 is 1.63 bits per heavy atom. The second-order valence-corrected chi connectivity index (χ2v) is 7.32. The monoisotopic (exact) mass is 419 g/mol. The fourth-order valence-corrected chi connectivity index (χ4v) is 3.83. The number of carbonyl (C=O) groups excluding carboxylic acids is 2. The predicted octanol–water partition coefficient (Wildman–Crippen LogP) is 4.06. The summed E-state index contributed by atoms with van der Waals surface area (Å²) in [5.41, 5.74) is 3.80. The van der Waals surface area contributed by atoms with Crippen LogP contribution < -0.4 is 10.2 Å². The number of aromatic nitrogens is 1. The number of rotatable bonds is 3. The minimum atomic E-state index is -0.538. The molecule has 0 bridgehead atoms. The molecule has 1 aliphatic rings. The average molecular weight is 419 g/mol. The third-order valence-corrected chi connectivity index (χ3v) is 5.26. The molecule has 1 aliphatic heterocycles. The van der Waals surface area contributed by atoms with Gasteiger partial charge in [-0.3, -0.25) is 19.8 Å². The Labute approximate surface area is 178 Å². The van der Waals surface area contributed by atoms with Gasteiger partial charge in [0.1, 0.15) is 11.4 Å². The maximum absolute atomic E-state index is 13.3. The standard InChI is InChI=1S/C23H18FN3O2S/c1-14-12-16(15(2)26(14)19-10-8-17(24)9-11-19)13-20-21(28)25-23(30)27(22(20)29)18-6-4-3-5-7-18/h3-13H,1-2H3,(H,25,28,30). The smallest absolute Gasteiger partial charge is 0.270 e. The third kappa shape index (κ3) is 3.44. The molecule has 0 radical (unpaired) electrons. The summed E-state index contributed by atoms with van der Waals surface area (Å²) in [6, 6.07) is 16.9. The molecule has 0 saturated carbocycles. The zero-order valence-corrected chi connectivity index (χ0v) is 17.2. The number of hydrogen-bond acceptors (Lipinski definition) is 3. The largest absolute Gasteiger partial charge is 0.318 e. The van der Waals surface area contributed by atoms with Crippen LogP contribution in [0.4, 0.5) is 10.1 Å². The van der Waals surface area contributed by atoms with Crippen molar-refractivity contribution in [3.8, 4) is 5.69 Å². The van der Waals surface area contributed by atoms with E-state index in [-0.39, 0.29) is 16.5 Å². The van der Waals surface area contributed by atoms with Gasteiger partial charge in [-0.2, -0.15) is 0 Å². The number of carbonyl (C=O) groups is 2. The molecule has 1 fully saturated rings. The number of thiocarbonyl (C=S) groups is 1. The van der Waals surface area contributed by atoms with Crippen LogP contribution in [0.2, 0.25) is 0 Å². The van der Waals surface area contributed by atoms with Crippen molar-refractivity contribution in [2.24, 2.45) is 0 Å². The number of para-hydroxylation sites is 1.